The Bertz CT molecular complexity index is 443. The van der Waals surface area contributed by atoms with Crippen molar-refractivity contribution >= 4 is 5.91 Å². The minimum atomic E-state index is -0.695. The molecule has 0 aliphatic rings. The normalized spacial score (nSPS) is 9.47. The van der Waals surface area contributed by atoms with Crippen LogP contribution in [0.25, 0.3) is 0 Å². The first-order chi connectivity index (χ1) is 8.17. The van der Waals surface area contributed by atoms with Gasteiger partial charge in [0.05, 0.1) is 18.2 Å². The number of halogens is 1. The highest BCUT2D eigenvalue weighted by Crippen LogP contribution is 2.17. The van der Waals surface area contributed by atoms with E-state index in [9.17, 15) is 9.18 Å². The summed E-state index contributed by atoms with van der Waals surface area (Å²) in [5.41, 5.74) is 0.180. The molecule has 0 spiro atoms. The average molecular weight is 238 g/mol. The third-order valence-electron chi connectivity index (χ3n) is 1.85. The summed E-state index contributed by atoms with van der Waals surface area (Å²) in [6, 6.07) is 5.49. The molecule has 1 aromatic rings. The monoisotopic (exact) mass is 238 g/mol. The van der Waals surface area contributed by atoms with E-state index in [1.807, 2.05) is 0 Å². The van der Waals surface area contributed by atoms with Crippen LogP contribution in [0.15, 0.2) is 18.2 Å². The Morgan fingerprint density at radius 1 is 1.59 bits per heavy atom. The van der Waals surface area contributed by atoms with Crippen LogP contribution in [0.5, 0.6) is 5.75 Å². The molecule has 1 aromatic carbocycles. The predicted octanol–water partition coefficient (Wildman–Crippen LogP) is 0.185. The van der Waals surface area contributed by atoms with Gasteiger partial charge in [0.1, 0.15) is 0 Å². The van der Waals surface area contributed by atoms with E-state index in [4.69, 9.17) is 15.1 Å². The van der Waals surface area contributed by atoms with E-state index >= 15 is 0 Å². The van der Waals surface area contributed by atoms with Gasteiger partial charge in [-0.3, -0.25) is 4.79 Å². The minimum Gasteiger partial charge on any atom is -0.481 e. The number of nitriles is 1. The Kier molecular flexibility index (Phi) is 4.91. The molecule has 0 aromatic heterocycles. The number of hydrogen-bond donors (Lipinski definition) is 2. The smallest absolute Gasteiger partial charge is 0.258 e. The Balaban J connectivity index is 2.52. The molecular formula is C11H11FN2O3. The molecule has 0 unspecified atom stereocenters. The highest BCUT2D eigenvalue weighted by atomic mass is 19.1. The lowest BCUT2D eigenvalue weighted by Crippen LogP contribution is -2.31. The van der Waals surface area contributed by atoms with Crippen LogP contribution in [0.1, 0.15) is 5.56 Å². The summed E-state index contributed by atoms with van der Waals surface area (Å²) in [5.74, 6) is -1.25. The van der Waals surface area contributed by atoms with Gasteiger partial charge in [0.2, 0.25) is 0 Å². The van der Waals surface area contributed by atoms with Crippen LogP contribution >= 0.6 is 0 Å². The Morgan fingerprint density at radius 3 is 2.94 bits per heavy atom. The van der Waals surface area contributed by atoms with E-state index in [2.05, 4.69) is 5.32 Å². The number of carbonyl (C=O) groups is 1. The van der Waals surface area contributed by atoms with Crippen LogP contribution in [0.2, 0.25) is 0 Å². The van der Waals surface area contributed by atoms with E-state index in [0.29, 0.717) is 0 Å². The summed E-state index contributed by atoms with van der Waals surface area (Å²) in [6.07, 6.45) is 0. The van der Waals surface area contributed by atoms with E-state index in [1.165, 1.54) is 12.1 Å². The molecule has 0 aliphatic carbocycles. The first kappa shape index (κ1) is 12.9. The quantitative estimate of drug-likeness (QED) is 0.766. The van der Waals surface area contributed by atoms with Crippen molar-refractivity contribution in [3.8, 4) is 11.8 Å². The van der Waals surface area contributed by atoms with Crippen LogP contribution in [-0.4, -0.2) is 30.8 Å². The molecule has 0 bridgehead atoms. The number of hydrogen-bond acceptors (Lipinski definition) is 4. The molecule has 0 radical (unpaired) electrons. The Labute approximate surface area is 97.4 Å². The lowest BCUT2D eigenvalue weighted by molar-refractivity contribution is -0.123. The van der Waals surface area contributed by atoms with E-state index in [1.54, 1.807) is 6.07 Å². The molecule has 0 atom stereocenters. The molecule has 1 rings (SSSR count). The van der Waals surface area contributed by atoms with Crippen molar-refractivity contribution in [2.24, 2.45) is 0 Å². The minimum absolute atomic E-state index is 0.0943. The number of amides is 1. The Morgan fingerprint density at radius 2 is 2.35 bits per heavy atom. The summed E-state index contributed by atoms with van der Waals surface area (Å²) in [5, 5.41) is 19.3. The first-order valence-electron chi connectivity index (χ1n) is 4.87. The maximum Gasteiger partial charge on any atom is 0.258 e. The van der Waals surface area contributed by atoms with Crippen LogP contribution in [0.4, 0.5) is 4.39 Å². The fourth-order valence-corrected chi connectivity index (χ4v) is 1.08. The van der Waals surface area contributed by atoms with Gasteiger partial charge in [-0.15, -0.1) is 0 Å². The molecule has 2 N–H and O–H groups in total. The summed E-state index contributed by atoms with van der Waals surface area (Å²) in [4.78, 5) is 11.1. The van der Waals surface area contributed by atoms with Gasteiger partial charge in [0, 0.05) is 6.54 Å². The second-order valence-electron chi connectivity index (χ2n) is 3.12. The average Bonchev–Trinajstić information content (AvgIpc) is 2.34. The van der Waals surface area contributed by atoms with Crippen molar-refractivity contribution in [2.75, 3.05) is 19.8 Å². The van der Waals surface area contributed by atoms with Crippen LogP contribution in [-0.2, 0) is 4.79 Å². The zero-order chi connectivity index (χ0) is 12.7. The third-order valence-corrected chi connectivity index (χ3v) is 1.85. The number of ether oxygens (including phenoxy) is 1. The highest BCUT2D eigenvalue weighted by molar-refractivity contribution is 5.77. The largest absolute Gasteiger partial charge is 0.481 e. The van der Waals surface area contributed by atoms with Crippen LogP contribution in [0.3, 0.4) is 0 Å². The summed E-state index contributed by atoms with van der Waals surface area (Å²) >= 11 is 0. The maximum atomic E-state index is 13.3. The fourth-order valence-electron chi connectivity index (χ4n) is 1.08. The maximum absolute atomic E-state index is 13.3. The van der Waals surface area contributed by atoms with Gasteiger partial charge < -0.3 is 15.2 Å². The van der Waals surface area contributed by atoms with Gasteiger partial charge in [0.25, 0.3) is 5.91 Å². The molecule has 90 valence electrons. The molecule has 17 heavy (non-hydrogen) atoms. The second-order valence-corrected chi connectivity index (χ2v) is 3.12. The van der Waals surface area contributed by atoms with Crippen molar-refractivity contribution in [2.45, 2.75) is 0 Å². The predicted molar refractivity (Wildman–Crippen MR) is 56.7 cm³/mol. The van der Waals surface area contributed by atoms with Gasteiger partial charge in [-0.1, -0.05) is 0 Å². The number of carbonyl (C=O) groups excluding carboxylic acids is 1. The molecule has 0 aliphatic heterocycles. The van der Waals surface area contributed by atoms with Gasteiger partial charge >= 0.3 is 0 Å². The van der Waals surface area contributed by atoms with Gasteiger partial charge in [0.15, 0.2) is 18.2 Å². The number of nitrogens with one attached hydrogen (secondary N) is 1. The second kappa shape index (κ2) is 6.45. The van der Waals surface area contributed by atoms with Gasteiger partial charge in [-0.05, 0) is 18.2 Å². The fraction of sp³-hybridized carbons (Fsp3) is 0.273. The lowest BCUT2D eigenvalue weighted by Gasteiger charge is -2.07. The molecule has 0 saturated heterocycles. The molecule has 0 fully saturated rings. The number of nitrogens with zero attached hydrogens (tertiary/aromatic N) is 1. The van der Waals surface area contributed by atoms with Crippen LogP contribution in [0, 0.1) is 17.1 Å². The number of aliphatic hydroxyl groups is 1. The van der Waals surface area contributed by atoms with Crippen LogP contribution < -0.4 is 10.1 Å². The standard InChI is InChI=1S/C11H11FN2O3/c12-9-5-8(6-13)1-2-10(9)17-7-11(16)14-3-4-15/h1-2,5,15H,3-4,7H2,(H,14,16). The van der Waals surface area contributed by atoms with Gasteiger partial charge in [-0.25, -0.2) is 4.39 Å². The Hall–Kier alpha value is -2.13. The summed E-state index contributed by atoms with van der Waals surface area (Å²) in [6.45, 7) is -0.391. The lowest BCUT2D eigenvalue weighted by atomic mass is 10.2. The van der Waals surface area contributed by atoms with Crippen molar-refractivity contribution in [1.82, 2.24) is 5.32 Å². The SMILES string of the molecule is N#Cc1ccc(OCC(=O)NCCO)c(F)c1. The third kappa shape index (κ3) is 4.09. The van der Waals surface area contributed by atoms with Crippen molar-refractivity contribution < 1.29 is 19.0 Å². The van der Waals surface area contributed by atoms with Crippen molar-refractivity contribution in [3.05, 3.63) is 29.6 Å². The molecule has 6 heteroatoms. The topological polar surface area (TPSA) is 82.3 Å². The van der Waals surface area contributed by atoms with E-state index < -0.39 is 11.7 Å². The van der Waals surface area contributed by atoms with E-state index in [-0.39, 0.29) is 31.1 Å². The number of aliphatic hydroxyl groups excluding tert-OH is 1. The molecule has 5 nitrogen and oxygen atoms in total. The van der Waals surface area contributed by atoms with Crippen molar-refractivity contribution in [3.63, 3.8) is 0 Å². The molecule has 1 amide bonds. The molecule has 0 heterocycles. The van der Waals surface area contributed by atoms with E-state index in [0.717, 1.165) is 6.07 Å². The number of rotatable bonds is 5. The first-order valence-corrected chi connectivity index (χ1v) is 4.87. The summed E-state index contributed by atoms with van der Waals surface area (Å²) < 4.78 is 18.2. The van der Waals surface area contributed by atoms with Crippen molar-refractivity contribution in [1.29, 1.82) is 5.26 Å². The zero-order valence-corrected chi connectivity index (χ0v) is 8.94. The molecular weight excluding hydrogens is 227 g/mol. The number of benzene rings is 1. The summed E-state index contributed by atoms with van der Waals surface area (Å²) in [7, 11) is 0. The highest BCUT2D eigenvalue weighted by Gasteiger charge is 2.07. The van der Waals surface area contributed by atoms with Gasteiger partial charge in [-0.2, -0.15) is 5.26 Å². The zero-order valence-electron chi connectivity index (χ0n) is 8.94. The molecule has 0 saturated carbocycles.